The van der Waals surface area contributed by atoms with Crippen molar-refractivity contribution >= 4 is 29.0 Å². The summed E-state index contributed by atoms with van der Waals surface area (Å²) >= 11 is 1.54. The van der Waals surface area contributed by atoms with E-state index in [1.807, 2.05) is 21.7 Å². The SMILES string of the molecule is CCCCNc1nc(N)nc2c1CN(C(=O)c1ccsc1)CC2. The monoisotopic (exact) mass is 331 g/mol. The number of hydrogen-bond acceptors (Lipinski definition) is 6. The lowest BCUT2D eigenvalue weighted by molar-refractivity contribution is 0.0734. The molecule has 0 radical (unpaired) electrons. The van der Waals surface area contributed by atoms with Gasteiger partial charge in [-0.15, -0.1) is 0 Å². The van der Waals surface area contributed by atoms with Gasteiger partial charge in [0.1, 0.15) is 5.82 Å². The van der Waals surface area contributed by atoms with Crippen molar-refractivity contribution in [3.05, 3.63) is 33.6 Å². The van der Waals surface area contributed by atoms with Crippen molar-refractivity contribution in [2.24, 2.45) is 0 Å². The van der Waals surface area contributed by atoms with Gasteiger partial charge in [0, 0.05) is 30.5 Å². The number of fused-ring (bicyclic) bond motifs is 1. The Morgan fingerprint density at radius 3 is 3.09 bits per heavy atom. The van der Waals surface area contributed by atoms with E-state index in [9.17, 15) is 4.79 Å². The Balaban J connectivity index is 1.82. The van der Waals surface area contributed by atoms with E-state index < -0.39 is 0 Å². The summed E-state index contributed by atoms with van der Waals surface area (Å²) in [5.74, 6) is 1.12. The van der Waals surface area contributed by atoms with Crippen molar-refractivity contribution in [1.29, 1.82) is 0 Å². The molecular formula is C16H21N5OS. The van der Waals surface area contributed by atoms with Crippen molar-refractivity contribution in [1.82, 2.24) is 14.9 Å². The lowest BCUT2D eigenvalue weighted by Crippen LogP contribution is -2.37. The van der Waals surface area contributed by atoms with Crippen molar-refractivity contribution < 1.29 is 4.79 Å². The van der Waals surface area contributed by atoms with Crippen LogP contribution in [0.25, 0.3) is 0 Å². The summed E-state index contributed by atoms with van der Waals surface area (Å²) in [7, 11) is 0. The van der Waals surface area contributed by atoms with E-state index in [1.165, 1.54) is 11.3 Å². The zero-order valence-corrected chi connectivity index (χ0v) is 14.0. The third-order valence-corrected chi connectivity index (χ3v) is 4.64. The summed E-state index contributed by atoms with van der Waals surface area (Å²) in [6, 6.07) is 1.86. The molecule has 0 bridgehead atoms. The van der Waals surface area contributed by atoms with Gasteiger partial charge in [-0.2, -0.15) is 16.3 Å². The number of carbonyl (C=O) groups is 1. The number of thiophene rings is 1. The highest BCUT2D eigenvalue weighted by molar-refractivity contribution is 7.08. The highest BCUT2D eigenvalue weighted by Crippen LogP contribution is 2.26. The number of unbranched alkanes of at least 4 members (excludes halogenated alkanes) is 1. The fraction of sp³-hybridized carbons (Fsp3) is 0.438. The number of nitrogens with zero attached hydrogens (tertiary/aromatic N) is 3. The molecule has 3 heterocycles. The number of nitrogens with two attached hydrogens (primary N) is 1. The minimum Gasteiger partial charge on any atom is -0.370 e. The molecule has 0 fully saturated rings. The number of amides is 1. The maximum Gasteiger partial charge on any atom is 0.255 e. The van der Waals surface area contributed by atoms with Crippen molar-refractivity contribution in [2.75, 3.05) is 24.1 Å². The summed E-state index contributed by atoms with van der Waals surface area (Å²) < 4.78 is 0. The second-order valence-corrected chi connectivity index (χ2v) is 6.40. The maximum atomic E-state index is 12.6. The molecule has 0 aromatic carbocycles. The molecule has 0 saturated carbocycles. The summed E-state index contributed by atoms with van der Waals surface area (Å²) in [6.45, 7) is 4.18. The van der Waals surface area contributed by atoms with Crippen molar-refractivity contribution in [3.8, 4) is 0 Å². The smallest absolute Gasteiger partial charge is 0.255 e. The second-order valence-electron chi connectivity index (χ2n) is 5.62. The highest BCUT2D eigenvalue weighted by Gasteiger charge is 2.26. The van der Waals surface area contributed by atoms with Gasteiger partial charge in [-0.1, -0.05) is 13.3 Å². The van der Waals surface area contributed by atoms with Crippen LogP contribution >= 0.6 is 11.3 Å². The van der Waals surface area contributed by atoms with Gasteiger partial charge >= 0.3 is 0 Å². The summed E-state index contributed by atoms with van der Waals surface area (Å²) in [4.78, 5) is 23.1. The standard InChI is InChI=1S/C16H21N5OS/c1-2-3-6-18-14-12-9-21(15(22)11-5-8-23-10-11)7-4-13(12)19-16(17)20-14/h5,8,10H,2-4,6-7,9H2,1H3,(H3,17,18,19,20). The van der Waals surface area contributed by atoms with Crippen LogP contribution in [0.2, 0.25) is 0 Å². The van der Waals surface area contributed by atoms with E-state index >= 15 is 0 Å². The Morgan fingerprint density at radius 1 is 1.48 bits per heavy atom. The van der Waals surface area contributed by atoms with Crippen LogP contribution < -0.4 is 11.1 Å². The first-order chi connectivity index (χ1) is 11.2. The van der Waals surface area contributed by atoms with Gasteiger partial charge in [-0.05, 0) is 17.9 Å². The molecule has 1 amide bonds. The van der Waals surface area contributed by atoms with Crippen molar-refractivity contribution in [3.63, 3.8) is 0 Å². The Labute approximate surface area is 139 Å². The Bertz CT molecular complexity index is 686. The number of nitrogens with one attached hydrogen (secondary N) is 1. The minimum atomic E-state index is 0.0632. The first kappa shape index (κ1) is 15.7. The number of nitrogen functional groups attached to an aromatic ring is 1. The fourth-order valence-electron chi connectivity index (χ4n) is 2.71. The number of aromatic nitrogens is 2. The summed E-state index contributed by atoms with van der Waals surface area (Å²) in [5, 5.41) is 7.15. The van der Waals surface area contributed by atoms with Crippen molar-refractivity contribution in [2.45, 2.75) is 32.7 Å². The molecule has 2 aromatic heterocycles. The fourth-order valence-corrected chi connectivity index (χ4v) is 3.33. The normalized spacial score (nSPS) is 13.7. The average molecular weight is 331 g/mol. The number of anilines is 2. The molecule has 0 spiro atoms. The van der Waals surface area contributed by atoms with Gasteiger partial charge < -0.3 is 16.0 Å². The Hall–Kier alpha value is -2.15. The molecule has 0 saturated heterocycles. The molecule has 0 atom stereocenters. The largest absolute Gasteiger partial charge is 0.370 e. The first-order valence-electron chi connectivity index (χ1n) is 7.89. The van der Waals surface area contributed by atoms with Crippen LogP contribution in [0.1, 0.15) is 41.4 Å². The van der Waals surface area contributed by atoms with Gasteiger partial charge in [-0.25, -0.2) is 4.98 Å². The van der Waals surface area contributed by atoms with Gasteiger partial charge in [0.15, 0.2) is 0 Å². The number of carbonyl (C=O) groups excluding carboxylic acids is 1. The lowest BCUT2D eigenvalue weighted by Gasteiger charge is -2.29. The Morgan fingerprint density at radius 2 is 2.35 bits per heavy atom. The molecule has 3 N–H and O–H groups in total. The Kier molecular flexibility index (Phi) is 4.76. The average Bonchev–Trinajstić information content (AvgIpc) is 3.08. The van der Waals surface area contributed by atoms with Gasteiger partial charge in [0.2, 0.25) is 5.95 Å². The van der Waals surface area contributed by atoms with E-state index in [4.69, 9.17) is 5.73 Å². The van der Waals surface area contributed by atoms with Crippen LogP contribution in [0.4, 0.5) is 11.8 Å². The predicted molar refractivity (Wildman–Crippen MR) is 92.6 cm³/mol. The van der Waals surface area contributed by atoms with Crippen LogP contribution in [-0.4, -0.2) is 33.9 Å². The van der Waals surface area contributed by atoms with E-state index in [0.717, 1.165) is 42.0 Å². The molecule has 2 aromatic rings. The predicted octanol–water partition coefficient (Wildman–Crippen LogP) is 2.53. The quantitative estimate of drug-likeness (QED) is 0.823. The van der Waals surface area contributed by atoms with Crippen LogP contribution in [0.3, 0.4) is 0 Å². The van der Waals surface area contributed by atoms with Crippen LogP contribution in [0, 0.1) is 0 Å². The zero-order valence-electron chi connectivity index (χ0n) is 13.2. The van der Waals surface area contributed by atoms with Gasteiger partial charge in [0.05, 0.1) is 17.8 Å². The van der Waals surface area contributed by atoms with E-state index in [0.29, 0.717) is 25.5 Å². The van der Waals surface area contributed by atoms with Crippen LogP contribution in [-0.2, 0) is 13.0 Å². The highest BCUT2D eigenvalue weighted by atomic mass is 32.1. The summed E-state index contributed by atoms with van der Waals surface area (Å²) in [6.07, 6.45) is 2.88. The molecule has 122 valence electrons. The van der Waals surface area contributed by atoms with Crippen LogP contribution in [0.5, 0.6) is 0 Å². The van der Waals surface area contributed by atoms with Gasteiger partial charge in [0.25, 0.3) is 5.91 Å². The van der Waals surface area contributed by atoms with E-state index in [1.54, 1.807) is 0 Å². The van der Waals surface area contributed by atoms with Crippen LogP contribution in [0.15, 0.2) is 16.8 Å². The molecule has 0 aliphatic carbocycles. The van der Waals surface area contributed by atoms with Gasteiger partial charge in [-0.3, -0.25) is 4.79 Å². The zero-order chi connectivity index (χ0) is 16.2. The molecule has 7 heteroatoms. The van der Waals surface area contributed by atoms with E-state index in [2.05, 4.69) is 22.2 Å². The molecule has 3 rings (SSSR count). The van der Waals surface area contributed by atoms with E-state index in [-0.39, 0.29) is 5.91 Å². The first-order valence-corrected chi connectivity index (χ1v) is 8.84. The minimum absolute atomic E-state index is 0.0632. The lowest BCUT2D eigenvalue weighted by atomic mass is 10.1. The number of rotatable bonds is 5. The number of hydrogen-bond donors (Lipinski definition) is 2. The molecule has 1 aliphatic rings. The second kappa shape index (κ2) is 6.95. The maximum absolute atomic E-state index is 12.6. The topological polar surface area (TPSA) is 84.1 Å². The molecule has 0 unspecified atom stereocenters. The molecule has 1 aliphatic heterocycles. The molecule has 6 nitrogen and oxygen atoms in total. The molecular weight excluding hydrogens is 310 g/mol. The third-order valence-electron chi connectivity index (χ3n) is 3.96. The third kappa shape index (κ3) is 3.44. The molecule has 23 heavy (non-hydrogen) atoms. The summed E-state index contributed by atoms with van der Waals surface area (Å²) in [5.41, 5.74) is 8.50.